The molecule has 0 saturated heterocycles. The number of aryl methyl sites for hydroxylation is 1. The van der Waals surface area contributed by atoms with E-state index in [1.807, 2.05) is 12.1 Å². The highest BCUT2D eigenvalue weighted by Crippen LogP contribution is 2.30. The average molecular weight is 270 g/mol. The number of aromatic hydroxyl groups is 1. The van der Waals surface area contributed by atoms with E-state index in [1.165, 1.54) is 16.7 Å². The van der Waals surface area contributed by atoms with Crippen LogP contribution in [0, 0.1) is 0 Å². The Balaban J connectivity index is 0.00000112. The Morgan fingerprint density at radius 1 is 1.33 bits per heavy atom. The van der Waals surface area contributed by atoms with Crippen molar-refractivity contribution in [3.8, 4) is 5.75 Å². The number of hydrogen-bond donors (Lipinski definition) is 2. The minimum absolute atomic E-state index is 0. The summed E-state index contributed by atoms with van der Waals surface area (Å²) >= 11 is 0. The fourth-order valence-electron chi connectivity index (χ4n) is 1.99. The van der Waals surface area contributed by atoms with E-state index in [0.29, 0.717) is 12.3 Å². The molecule has 82 valence electrons. The van der Waals surface area contributed by atoms with Crippen LogP contribution in [0.15, 0.2) is 24.3 Å². The Kier molecular flexibility index (Phi) is 4.36. The Bertz CT molecular complexity index is 374. The first kappa shape index (κ1) is 12.3. The summed E-state index contributed by atoms with van der Waals surface area (Å²) < 4.78 is 0. The number of hydrogen-bond acceptors (Lipinski definition) is 2. The van der Waals surface area contributed by atoms with Crippen LogP contribution in [-0.4, -0.2) is 11.7 Å². The van der Waals surface area contributed by atoms with Crippen LogP contribution in [0.25, 0.3) is 5.57 Å². The van der Waals surface area contributed by atoms with Crippen molar-refractivity contribution in [1.29, 1.82) is 0 Å². The lowest BCUT2D eigenvalue weighted by molar-refractivity contribution is 0.475. The van der Waals surface area contributed by atoms with Gasteiger partial charge in [0.15, 0.2) is 0 Å². The summed E-state index contributed by atoms with van der Waals surface area (Å²) in [5.74, 6) is 0.341. The molecule has 0 atom stereocenters. The number of phenolic OH excluding ortho intramolecular Hbond substituents is 1. The fourth-order valence-corrected chi connectivity index (χ4v) is 1.99. The molecule has 3 heteroatoms. The van der Waals surface area contributed by atoms with E-state index in [-0.39, 0.29) is 17.0 Å². The van der Waals surface area contributed by atoms with Crippen molar-refractivity contribution < 1.29 is 5.11 Å². The van der Waals surface area contributed by atoms with Crippen LogP contribution < -0.4 is 5.73 Å². The van der Waals surface area contributed by atoms with Gasteiger partial charge in [-0.1, -0.05) is 12.1 Å². The summed E-state index contributed by atoms with van der Waals surface area (Å²) in [6, 6.07) is 5.61. The third-order valence-corrected chi connectivity index (χ3v) is 2.66. The second kappa shape index (κ2) is 5.33. The van der Waals surface area contributed by atoms with Gasteiger partial charge in [-0.15, -0.1) is 17.0 Å². The molecule has 3 N–H and O–H groups in total. The molecule has 1 aliphatic rings. The molecular weight excluding hydrogens is 254 g/mol. The summed E-state index contributed by atoms with van der Waals surface area (Å²) in [6.07, 6.45) is 5.29. The molecule has 1 aromatic carbocycles. The molecule has 2 nitrogen and oxygen atoms in total. The van der Waals surface area contributed by atoms with Crippen molar-refractivity contribution in [2.45, 2.75) is 19.3 Å². The zero-order chi connectivity index (χ0) is 9.97. The van der Waals surface area contributed by atoms with E-state index in [9.17, 15) is 5.11 Å². The predicted octanol–water partition coefficient (Wildman–Crippen LogP) is 2.65. The third-order valence-electron chi connectivity index (χ3n) is 2.66. The van der Waals surface area contributed by atoms with Gasteiger partial charge in [-0.05, 0) is 54.6 Å². The Labute approximate surface area is 101 Å². The van der Waals surface area contributed by atoms with Gasteiger partial charge in [0, 0.05) is 0 Å². The summed E-state index contributed by atoms with van der Waals surface area (Å²) in [5.41, 5.74) is 9.34. The van der Waals surface area contributed by atoms with E-state index in [4.69, 9.17) is 5.73 Å². The lowest BCUT2D eigenvalue weighted by atomic mass is 9.89. The zero-order valence-corrected chi connectivity index (χ0v) is 10.3. The van der Waals surface area contributed by atoms with Gasteiger partial charge in [-0.2, -0.15) is 0 Å². The molecule has 0 unspecified atom stereocenters. The van der Waals surface area contributed by atoms with Crippen LogP contribution in [0.3, 0.4) is 0 Å². The largest absolute Gasteiger partial charge is 0.508 e. The van der Waals surface area contributed by atoms with Crippen LogP contribution in [0.2, 0.25) is 0 Å². The molecule has 0 saturated carbocycles. The normalized spacial score (nSPS) is 13.8. The molecule has 0 amide bonds. The van der Waals surface area contributed by atoms with Crippen LogP contribution in [0.4, 0.5) is 0 Å². The van der Waals surface area contributed by atoms with E-state index >= 15 is 0 Å². The summed E-state index contributed by atoms with van der Waals surface area (Å²) in [5, 5.41) is 9.42. The molecular formula is C12H16BrNO. The first-order chi connectivity index (χ1) is 6.81. The lowest BCUT2D eigenvalue weighted by Crippen LogP contribution is -2.05. The summed E-state index contributed by atoms with van der Waals surface area (Å²) in [7, 11) is 0. The van der Waals surface area contributed by atoms with E-state index in [2.05, 4.69) is 6.08 Å². The van der Waals surface area contributed by atoms with Gasteiger partial charge < -0.3 is 10.8 Å². The quantitative estimate of drug-likeness (QED) is 0.867. The van der Waals surface area contributed by atoms with Gasteiger partial charge in [0.1, 0.15) is 5.75 Å². The summed E-state index contributed by atoms with van der Waals surface area (Å²) in [4.78, 5) is 0. The van der Waals surface area contributed by atoms with Crippen LogP contribution in [0.1, 0.15) is 24.0 Å². The van der Waals surface area contributed by atoms with Gasteiger partial charge in [0.05, 0.1) is 0 Å². The number of halogens is 1. The number of benzene rings is 1. The van der Waals surface area contributed by atoms with Crippen LogP contribution in [0.5, 0.6) is 5.75 Å². The molecule has 2 rings (SSSR count). The van der Waals surface area contributed by atoms with Gasteiger partial charge in [0.25, 0.3) is 0 Å². The molecule has 0 radical (unpaired) electrons. The highest BCUT2D eigenvalue weighted by atomic mass is 79.9. The number of rotatable bonds is 2. The maximum absolute atomic E-state index is 9.42. The fraction of sp³-hybridized carbons (Fsp3) is 0.333. The maximum atomic E-state index is 9.42. The van der Waals surface area contributed by atoms with Crippen molar-refractivity contribution in [2.75, 3.05) is 6.54 Å². The second-order valence-electron chi connectivity index (χ2n) is 3.65. The minimum atomic E-state index is 0. The van der Waals surface area contributed by atoms with Crippen molar-refractivity contribution in [3.05, 3.63) is 35.4 Å². The molecule has 0 heterocycles. The highest BCUT2D eigenvalue weighted by molar-refractivity contribution is 8.93. The molecule has 15 heavy (non-hydrogen) atoms. The third kappa shape index (κ3) is 2.61. The lowest BCUT2D eigenvalue weighted by Gasteiger charge is -2.17. The van der Waals surface area contributed by atoms with E-state index in [0.717, 1.165) is 19.3 Å². The van der Waals surface area contributed by atoms with Gasteiger partial charge >= 0.3 is 0 Å². The standard InChI is InChI=1S/C12H15NO.BrH/c13-7-6-10-3-1-2-9-4-5-11(14)8-12(9)10;/h3-5,8,14H,1-2,6-7,13H2;1H. The minimum Gasteiger partial charge on any atom is -0.508 e. The van der Waals surface area contributed by atoms with Crippen LogP contribution in [-0.2, 0) is 6.42 Å². The molecule has 0 aromatic heterocycles. The smallest absolute Gasteiger partial charge is 0.116 e. The Morgan fingerprint density at radius 2 is 2.13 bits per heavy atom. The van der Waals surface area contributed by atoms with Crippen molar-refractivity contribution in [3.63, 3.8) is 0 Å². The summed E-state index contributed by atoms with van der Waals surface area (Å²) in [6.45, 7) is 0.668. The SMILES string of the molecule is Br.NCCC1=CCCc2ccc(O)cc21. The van der Waals surface area contributed by atoms with Crippen molar-refractivity contribution >= 4 is 22.6 Å². The molecule has 0 spiro atoms. The van der Waals surface area contributed by atoms with E-state index < -0.39 is 0 Å². The first-order valence-electron chi connectivity index (χ1n) is 5.02. The van der Waals surface area contributed by atoms with Crippen molar-refractivity contribution in [2.24, 2.45) is 5.73 Å². The first-order valence-corrected chi connectivity index (χ1v) is 5.02. The topological polar surface area (TPSA) is 46.2 Å². The van der Waals surface area contributed by atoms with E-state index in [1.54, 1.807) is 6.07 Å². The average Bonchev–Trinajstić information content (AvgIpc) is 2.19. The molecule has 0 fully saturated rings. The van der Waals surface area contributed by atoms with Crippen LogP contribution >= 0.6 is 17.0 Å². The number of allylic oxidation sites excluding steroid dienone is 1. The number of fused-ring (bicyclic) bond motifs is 1. The monoisotopic (exact) mass is 269 g/mol. The van der Waals surface area contributed by atoms with Gasteiger partial charge in [-0.3, -0.25) is 0 Å². The molecule has 0 aliphatic heterocycles. The van der Waals surface area contributed by atoms with Gasteiger partial charge in [-0.25, -0.2) is 0 Å². The maximum Gasteiger partial charge on any atom is 0.116 e. The predicted molar refractivity (Wildman–Crippen MR) is 68.4 cm³/mol. The number of phenols is 1. The molecule has 0 bridgehead atoms. The zero-order valence-electron chi connectivity index (χ0n) is 8.57. The Morgan fingerprint density at radius 3 is 2.87 bits per heavy atom. The molecule has 1 aliphatic carbocycles. The molecule has 1 aromatic rings. The second-order valence-corrected chi connectivity index (χ2v) is 3.65. The Hall–Kier alpha value is -0.800. The van der Waals surface area contributed by atoms with Gasteiger partial charge in [0.2, 0.25) is 0 Å². The number of nitrogens with two attached hydrogens (primary N) is 1. The van der Waals surface area contributed by atoms with Crippen molar-refractivity contribution in [1.82, 2.24) is 0 Å². The highest BCUT2D eigenvalue weighted by Gasteiger charge is 2.11.